The molecule has 0 fully saturated rings. The summed E-state index contributed by atoms with van der Waals surface area (Å²) in [5.41, 5.74) is 0. The highest BCUT2D eigenvalue weighted by molar-refractivity contribution is 7.99. The number of hydrogen-bond acceptors (Lipinski definition) is 1. The lowest BCUT2D eigenvalue weighted by Gasteiger charge is -2.16. The van der Waals surface area contributed by atoms with E-state index < -0.39 is 0 Å². The number of thioether (sulfide) groups is 1. The summed E-state index contributed by atoms with van der Waals surface area (Å²) < 4.78 is 0. The minimum Gasteiger partial charge on any atom is -0.162 e. The smallest absolute Gasteiger partial charge is 0.0142 e. The molecule has 2 heteroatoms. The fraction of sp³-hybridized carbons (Fsp3) is 0.714. The van der Waals surface area contributed by atoms with Crippen molar-refractivity contribution in [2.24, 2.45) is 0 Å². The maximum Gasteiger partial charge on any atom is 0.0142 e. The van der Waals surface area contributed by atoms with Gasteiger partial charge in [0.25, 0.3) is 0 Å². The van der Waals surface area contributed by atoms with Crippen molar-refractivity contribution in [3.8, 4) is 0 Å². The van der Waals surface area contributed by atoms with Gasteiger partial charge in [0.1, 0.15) is 0 Å². The van der Waals surface area contributed by atoms with E-state index in [4.69, 9.17) is 11.6 Å². The third kappa shape index (κ3) is 2.23. The molecule has 52 valence electrons. The zero-order chi connectivity index (χ0) is 6.69. The van der Waals surface area contributed by atoms with Crippen molar-refractivity contribution in [3.05, 3.63) is 11.1 Å². The highest BCUT2D eigenvalue weighted by Gasteiger charge is 2.10. The van der Waals surface area contributed by atoms with Gasteiger partial charge in [-0.2, -0.15) is 11.8 Å². The fourth-order valence-corrected chi connectivity index (χ4v) is 1.83. The van der Waals surface area contributed by atoms with Gasteiger partial charge in [-0.1, -0.05) is 17.7 Å². The van der Waals surface area contributed by atoms with Gasteiger partial charge in [-0.15, -0.1) is 0 Å². The van der Waals surface area contributed by atoms with Crippen LogP contribution in [-0.4, -0.2) is 11.5 Å². The maximum absolute atomic E-state index is 5.79. The van der Waals surface area contributed by atoms with Crippen LogP contribution in [0, 0.1) is 0 Å². The molecule has 0 aliphatic heterocycles. The zero-order valence-electron chi connectivity index (χ0n) is 5.56. The van der Waals surface area contributed by atoms with E-state index in [9.17, 15) is 0 Å². The predicted octanol–water partition coefficient (Wildman–Crippen LogP) is 3.02. The van der Waals surface area contributed by atoms with E-state index in [0.29, 0.717) is 0 Å². The van der Waals surface area contributed by atoms with Gasteiger partial charge in [0.2, 0.25) is 0 Å². The first-order valence-electron chi connectivity index (χ1n) is 3.20. The summed E-state index contributed by atoms with van der Waals surface area (Å²) >= 11 is 7.74. The first-order chi connectivity index (χ1) is 4.33. The Morgan fingerprint density at radius 1 is 1.78 bits per heavy atom. The summed E-state index contributed by atoms with van der Waals surface area (Å²) in [7, 11) is 0. The highest BCUT2D eigenvalue weighted by atomic mass is 35.5. The fourth-order valence-electron chi connectivity index (χ4n) is 0.992. The molecule has 0 bridgehead atoms. The molecule has 0 heterocycles. The van der Waals surface area contributed by atoms with Crippen LogP contribution in [0.4, 0.5) is 0 Å². The second-order valence-electron chi connectivity index (χ2n) is 2.28. The average molecular weight is 163 g/mol. The van der Waals surface area contributed by atoms with Crippen LogP contribution in [0.15, 0.2) is 11.1 Å². The van der Waals surface area contributed by atoms with E-state index in [1.165, 1.54) is 12.8 Å². The van der Waals surface area contributed by atoms with Crippen molar-refractivity contribution in [1.29, 1.82) is 0 Å². The summed E-state index contributed by atoms with van der Waals surface area (Å²) in [6.45, 7) is 0. The Hall–Kier alpha value is 0.380. The van der Waals surface area contributed by atoms with Crippen LogP contribution in [0.2, 0.25) is 0 Å². The Morgan fingerprint density at radius 2 is 2.56 bits per heavy atom. The molecule has 0 radical (unpaired) electrons. The molecule has 0 amide bonds. The lowest BCUT2D eigenvalue weighted by Crippen LogP contribution is -2.04. The zero-order valence-corrected chi connectivity index (χ0v) is 7.13. The molecule has 0 saturated carbocycles. The quantitative estimate of drug-likeness (QED) is 0.571. The van der Waals surface area contributed by atoms with Gasteiger partial charge in [-0.25, -0.2) is 0 Å². The summed E-state index contributed by atoms with van der Waals surface area (Å²) in [5, 5.41) is 1.88. The minimum atomic E-state index is 0.826. The molecule has 9 heavy (non-hydrogen) atoms. The van der Waals surface area contributed by atoms with E-state index in [1.54, 1.807) is 0 Å². The molecule has 0 spiro atoms. The van der Waals surface area contributed by atoms with Crippen LogP contribution in [0.1, 0.15) is 19.3 Å². The van der Waals surface area contributed by atoms with Gasteiger partial charge in [0.15, 0.2) is 0 Å². The van der Waals surface area contributed by atoms with E-state index >= 15 is 0 Å². The number of halogens is 1. The molecule has 1 aliphatic carbocycles. The number of allylic oxidation sites excluding steroid dienone is 2. The van der Waals surface area contributed by atoms with Crippen molar-refractivity contribution in [2.75, 3.05) is 6.26 Å². The lowest BCUT2D eigenvalue weighted by atomic mass is 10.1. The average Bonchev–Trinajstić information content (AvgIpc) is 1.90. The van der Waals surface area contributed by atoms with Gasteiger partial charge in [-0.05, 0) is 25.5 Å². The van der Waals surface area contributed by atoms with E-state index in [1.807, 2.05) is 11.8 Å². The molecule has 1 aliphatic rings. The second kappa shape index (κ2) is 3.52. The minimum absolute atomic E-state index is 0.826. The van der Waals surface area contributed by atoms with Gasteiger partial charge < -0.3 is 0 Å². The van der Waals surface area contributed by atoms with Crippen molar-refractivity contribution in [1.82, 2.24) is 0 Å². The Morgan fingerprint density at radius 3 is 3.00 bits per heavy atom. The SMILES string of the molecule is CSC1CC=C(Cl)CC1. The summed E-state index contributed by atoms with van der Waals surface area (Å²) in [6, 6.07) is 0. The van der Waals surface area contributed by atoms with E-state index in [0.717, 1.165) is 16.7 Å². The topological polar surface area (TPSA) is 0 Å². The van der Waals surface area contributed by atoms with Crippen molar-refractivity contribution in [2.45, 2.75) is 24.5 Å². The Labute approximate surface area is 65.7 Å². The predicted molar refractivity (Wildman–Crippen MR) is 45.1 cm³/mol. The monoisotopic (exact) mass is 162 g/mol. The van der Waals surface area contributed by atoms with E-state index in [2.05, 4.69) is 12.3 Å². The van der Waals surface area contributed by atoms with Crippen LogP contribution < -0.4 is 0 Å². The molecule has 0 N–H and O–H groups in total. The molecule has 1 atom stereocenters. The van der Waals surface area contributed by atoms with Crippen molar-refractivity contribution in [3.63, 3.8) is 0 Å². The molecule has 1 unspecified atom stereocenters. The molecule has 0 saturated heterocycles. The first kappa shape index (κ1) is 7.49. The summed E-state index contributed by atoms with van der Waals surface area (Å²) in [4.78, 5) is 0. The van der Waals surface area contributed by atoms with Crippen LogP contribution in [-0.2, 0) is 0 Å². The molecule has 0 aromatic rings. The van der Waals surface area contributed by atoms with Crippen molar-refractivity contribution < 1.29 is 0 Å². The Balaban J connectivity index is 2.36. The van der Waals surface area contributed by atoms with Gasteiger partial charge in [0.05, 0.1) is 0 Å². The molecule has 1 rings (SSSR count). The molecule has 0 aromatic heterocycles. The largest absolute Gasteiger partial charge is 0.162 e. The van der Waals surface area contributed by atoms with Crippen LogP contribution in [0.5, 0.6) is 0 Å². The third-order valence-corrected chi connectivity index (χ3v) is 3.08. The normalized spacial score (nSPS) is 27.8. The van der Waals surface area contributed by atoms with Gasteiger partial charge in [-0.3, -0.25) is 0 Å². The third-order valence-electron chi connectivity index (χ3n) is 1.64. The number of rotatable bonds is 1. The van der Waals surface area contributed by atoms with Crippen LogP contribution >= 0.6 is 23.4 Å². The van der Waals surface area contributed by atoms with Crippen molar-refractivity contribution >= 4 is 23.4 Å². The Bertz CT molecular complexity index is 120. The number of hydrogen-bond donors (Lipinski definition) is 0. The molecule has 0 aromatic carbocycles. The lowest BCUT2D eigenvalue weighted by molar-refractivity contribution is 0.741. The van der Waals surface area contributed by atoms with E-state index in [-0.39, 0.29) is 0 Å². The van der Waals surface area contributed by atoms with Crippen LogP contribution in [0.25, 0.3) is 0 Å². The molecular formula is C7H11ClS. The second-order valence-corrected chi connectivity index (χ2v) is 3.91. The molecular weight excluding hydrogens is 152 g/mol. The highest BCUT2D eigenvalue weighted by Crippen LogP contribution is 2.27. The van der Waals surface area contributed by atoms with Gasteiger partial charge in [0, 0.05) is 10.3 Å². The summed E-state index contributed by atoms with van der Waals surface area (Å²) in [5.74, 6) is 0. The molecule has 0 nitrogen and oxygen atoms in total. The standard InChI is InChI=1S/C7H11ClS/c1-9-7-4-2-6(8)3-5-7/h2,7H,3-5H2,1H3. The maximum atomic E-state index is 5.79. The van der Waals surface area contributed by atoms with Gasteiger partial charge >= 0.3 is 0 Å². The van der Waals surface area contributed by atoms with Crippen LogP contribution in [0.3, 0.4) is 0 Å². The summed E-state index contributed by atoms with van der Waals surface area (Å²) in [6.07, 6.45) is 7.83. The Kier molecular flexibility index (Phi) is 2.93. The first-order valence-corrected chi connectivity index (χ1v) is 4.87.